The molecule has 8 heteroatoms. The molecule has 0 aromatic heterocycles. The average molecular weight is 255 g/mol. The van der Waals surface area contributed by atoms with Gasteiger partial charge >= 0.3 is 6.03 Å². The number of nitrogens with one attached hydrogen (secondary N) is 2. The molecular weight excluding hydrogens is 238 g/mol. The molecule has 2 aliphatic rings. The van der Waals surface area contributed by atoms with Gasteiger partial charge in [-0.15, -0.1) is 0 Å². The summed E-state index contributed by atoms with van der Waals surface area (Å²) >= 11 is 0. The number of rotatable bonds is 1. The molecule has 2 aliphatic heterocycles. The minimum absolute atomic E-state index is 0.0614. The number of hydrogen-bond donors (Lipinski definition) is 3. The van der Waals surface area contributed by atoms with E-state index >= 15 is 0 Å². The molecule has 18 heavy (non-hydrogen) atoms. The number of hydrogen-bond acceptors (Lipinski definition) is 4. The van der Waals surface area contributed by atoms with Crippen molar-refractivity contribution in [1.82, 2.24) is 20.5 Å². The summed E-state index contributed by atoms with van der Waals surface area (Å²) in [6.07, 6.45) is 0.965. The molecule has 2 saturated heterocycles. The standard InChI is InChI=1S/C10H17N5O3/c11-13-10(18)15-5-3-14(4-6-15)9(17)7-1-2-8(16)12-7/h7H,1-6,11H2,(H,12,16)(H,13,18). The molecule has 4 N–H and O–H groups in total. The van der Waals surface area contributed by atoms with E-state index in [4.69, 9.17) is 5.84 Å². The Labute approximate surface area is 104 Å². The van der Waals surface area contributed by atoms with Crippen LogP contribution in [0.4, 0.5) is 4.79 Å². The van der Waals surface area contributed by atoms with Crippen molar-refractivity contribution in [3.8, 4) is 0 Å². The third-order valence-corrected chi connectivity index (χ3v) is 3.30. The van der Waals surface area contributed by atoms with E-state index in [1.165, 1.54) is 0 Å². The van der Waals surface area contributed by atoms with Crippen LogP contribution in [-0.2, 0) is 9.59 Å². The van der Waals surface area contributed by atoms with Crippen molar-refractivity contribution in [3.63, 3.8) is 0 Å². The Morgan fingerprint density at radius 1 is 1.22 bits per heavy atom. The maximum Gasteiger partial charge on any atom is 0.331 e. The molecule has 2 rings (SSSR count). The van der Waals surface area contributed by atoms with Gasteiger partial charge in [-0.25, -0.2) is 10.6 Å². The lowest BCUT2D eigenvalue weighted by Gasteiger charge is -2.35. The summed E-state index contributed by atoms with van der Waals surface area (Å²) in [7, 11) is 0. The molecule has 0 spiro atoms. The highest BCUT2D eigenvalue weighted by Gasteiger charge is 2.32. The number of carbonyl (C=O) groups is 3. The van der Waals surface area contributed by atoms with Crippen LogP contribution in [0, 0.1) is 0 Å². The van der Waals surface area contributed by atoms with Crippen LogP contribution in [0.15, 0.2) is 0 Å². The largest absolute Gasteiger partial charge is 0.344 e. The molecule has 2 heterocycles. The first kappa shape index (κ1) is 12.6. The Bertz CT molecular complexity index is 365. The zero-order valence-corrected chi connectivity index (χ0v) is 10.0. The van der Waals surface area contributed by atoms with Crippen LogP contribution < -0.4 is 16.6 Å². The van der Waals surface area contributed by atoms with Gasteiger partial charge in [-0.05, 0) is 6.42 Å². The third-order valence-electron chi connectivity index (χ3n) is 3.30. The lowest BCUT2D eigenvalue weighted by Crippen LogP contribution is -2.56. The van der Waals surface area contributed by atoms with Gasteiger partial charge in [-0.2, -0.15) is 0 Å². The van der Waals surface area contributed by atoms with Crippen molar-refractivity contribution in [2.45, 2.75) is 18.9 Å². The van der Waals surface area contributed by atoms with Gasteiger partial charge in [0.15, 0.2) is 0 Å². The first-order chi connectivity index (χ1) is 8.61. The van der Waals surface area contributed by atoms with E-state index in [1.807, 2.05) is 0 Å². The maximum absolute atomic E-state index is 12.1. The molecule has 0 radical (unpaired) electrons. The average Bonchev–Trinajstić information content (AvgIpc) is 2.84. The number of piperazine rings is 1. The summed E-state index contributed by atoms with van der Waals surface area (Å²) < 4.78 is 0. The summed E-state index contributed by atoms with van der Waals surface area (Å²) in [5, 5.41) is 2.65. The molecule has 1 atom stereocenters. The SMILES string of the molecule is NNC(=O)N1CCN(C(=O)C2CCC(=O)N2)CC1. The van der Waals surface area contributed by atoms with Gasteiger partial charge in [0.25, 0.3) is 0 Å². The van der Waals surface area contributed by atoms with Gasteiger partial charge in [-0.1, -0.05) is 0 Å². The molecule has 0 aromatic rings. The second-order valence-electron chi connectivity index (χ2n) is 4.42. The van der Waals surface area contributed by atoms with Crippen LogP contribution in [0.3, 0.4) is 0 Å². The lowest BCUT2D eigenvalue weighted by molar-refractivity contribution is -0.135. The highest BCUT2D eigenvalue weighted by molar-refractivity contribution is 5.91. The van der Waals surface area contributed by atoms with E-state index in [2.05, 4.69) is 10.7 Å². The van der Waals surface area contributed by atoms with Gasteiger partial charge in [0.1, 0.15) is 6.04 Å². The fourth-order valence-electron chi connectivity index (χ4n) is 2.24. The minimum Gasteiger partial charge on any atom is -0.344 e. The number of nitrogens with two attached hydrogens (primary N) is 1. The number of hydrazine groups is 1. The van der Waals surface area contributed by atoms with Gasteiger partial charge in [0, 0.05) is 32.6 Å². The van der Waals surface area contributed by atoms with Crippen molar-refractivity contribution in [1.29, 1.82) is 0 Å². The van der Waals surface area contributed by atoms with Crippen LogP contribution in [0.25, 0.3) is 0 Å². The lowest BCUT2D eigenvalue weighted by atomic mass is 10.2. The van der Waals surface area contributed by atoms with E-state index in [-0.39, 0.29) is 17.8 Å². The van der Waals surface area contributed by atoms with Crippen LogP contribution in [0.1, 0.15) is 12.8 Å². The van der Waals surface area contributed by atoms with Crippen LogP contribution >= 0.6 is 0 Å². The zero-order valence-electron chi connectivity index (χ0n) is 10.0. The Morgan fingerprint density at radius 3 is 2.33 bits per heavy atom. The van der Waals surface area contributed by atoms with E-state index in [1.54, 1.807) is 9.80 Å². The van der Waals surface area contributed by atoms with Crippen molar-refractivity contribution < 1.29 is 14.4 Å². The predicted molar refractivity (Wildman–Crippen MR) is 62.0 cm³/mol. The third kappa shape index (κ3) is 2.53. The first-order valence-electron chi connectivity index (χ1n) is 5.95. The van der Waals surface area contributed by atoms with E-state index < -0.39 is 6.04 Å². The Kier molecular flexibility index (Phi) is 3.66. The van der Waals surface area contributed by atoms with E-state index in [0.717, 1.165) is 0 Å². The van der Waals surface area contributed by atoms with Crippen molar-refractivity contribution in [2.24, 2.45) is 5.84 Å². The second kappa shape index (κ2) is 5.21. The molecule has 4 amide bonds. The van der Waals surface area contributed by atoms with Crippen molar-refractivity contribution >= 4 is 17.8 Å². The molecule has 8 nitrogen and oxygen atoms in total. The summed E-state index contributed by atoms with van der Waals surface area (Å²) in [4.78, 5) is 37.6. The minimum atomic E-state index is -0.396. The number of carbonyl (C=O) groups excluding carboxylic acids is 3. The highest BCUT2D eigenvalue weighted by atomic mass is 16.2. The second-order valence-corrected chi connectivity index (χ2v) is 4.42. The molecule has 0 saturated carbocycles. The summed E-state index contributed by atoms with van der Waals surface area (Å²) in [5.41, 5.74) is 2.07. The zero-order chi connectivity index (χ0) is 13.1. The first-order valence-corrected chi connectivity index (χ1v) is 5.95. The Balaban J connectivity index is 1.84. The van der Waals surface area contributed by atoms with Crippen molar-refractivity contribution in [2.75, 3.05) is 26.2 Å². The molecule has 1 unspecified atom stereocenters. The monoisotopic (exact) mass is 255 g/mol. The van der Waals surface area contributed by atoms with Crippen molar-refractivity contribution in [3.05, 3.63) is 0 Å². The summed E-state index contributed by atoms with van der Waals surface area (Å²) in [6.45, 7) is 1.85. The molecule has 100 valence electrons. The quantitative estimate of drug-likeness (QED) is 0.286. The summed E-state index contributed by atoms with van der Waals surface area (Å²) in [6, 6.07) is -0.733. The Morgan fingerprint density at radius 2 is 1.83 bits per heavy atom. The van der Waals surface area contributed by atoms with Crippen LogP contribution in [-0.4, -0.2) is 59.9 Å². The molecule has 0 aromatic carbocycles. The van der Waals surface area contributed by atoms with Gasteiger partial charge < -0.3 is 15.1 Å². The normalized spacial score (nSPS) is 23.8. The van der Waals surface area contributed by atoms with Gasteiger partial charge in [0.2, 0.25) is 11.8 Å². The highest BCUT2D eigenvalue weighted by Crippen LogP contribution is 2.11. The van der Waals surface area contributed by atoms with Gasteiger partial charge in [-0.3, -0.25) is 15.0 Å². The van der Waals surface area contributed by atoms with Crippen LogP contribution in [0.5, 0.6) is 0 Å². The molecule has 0 bridgehead atoms. The molecular formula is C10H17N5O3. The predicted octanol–water partition coefficient (Wildman–Crippen LogP) is -2.01. The Hall–Kier alpha value is -1.83. The fourth-order valence-corrected chi connectivity index (χ4v) is 2.24. The number of amides is 4. The number of nitrogens with zero attached hydrogens (tertiary/aromatic N) is 2. The molecule has 0 aliphatic carbocycles. The summed E-state index contributed by atoms with van der Waals surface area (Å²) in [5.74, 6) is 4.91. The van der Waals surface area contributed by atoms with Crippen LogP contribution in [0.2, 0.25) is 0 Å². The fraction of sp³-hybridized carbons (Fsp3) is 0.700. The smallest absolute Gasteiger partial charge is 0.331 e. The van der Waals surface area contributed by atoms with Gasteiger partial charge in [0.05, 0.1) is 0 Å². The number of urea groups is 1. The van der Waals surface area contributed by atoms with E-state index in [9.17, 15) is 14.4 Å². The molecule has 2 fully saturated rings. The maximum atomic E-state index is 12.1. The van der Waals surface area contributed by atoms with E-state index in [0.29, 0.717) is 39.0 Å². The topological polar surface area (TPSA) is 108 Å².